The molecule has 0 aliphatic carbocycles. The van der Waals surface area contributed by atoms with E-state index in [0.29, 0.717) is 0 Å². The van der Waals surface area contributed by atoms with Crippen molar-refractivity contribution in [3.05, 3.63) is 23.8 Å². The molecule has 7 heteroatoms. The van der Waals surface area contributed by atoms with Gasteiger partial charge in [-0.15, -0.1) is 0 Å². The van der Waals surface area contributed by atoms with Gasteiger partial charge in [0.1, 0.15) is 17.1 Å². The summed E-state index contributed by atoms with van der Waals surface area (Å²) >= 11 is 0. The van der Waals surface area contributed by atoms with Crippen LogP contribution in [0.1, 0.15) is 5.56 Å². The molecule has 0 radical (unpaired) electrons. The fraction of sp³-hybridized carbons (Fsp3) is 0.333. The van der Waals surface area contributed by atoms with Crippen molar-refractivity contribution >= 4 is 0 Å². The Bertz CT molecular complexity index is 361. The van der Waals surface area contributed by atoms with Crippen molar-refractivity contribution in [1.29, 1.82) is 0 Å². The SMILES string of the molecule is COc1cccc(OC(F)F)c1C(F)(F)F. The van der Waals surface area contributed by atoms with E-state index >= 15 is 0 Å². The predicted molar refractivity (Wildman–Crippen MR) is 44.6 cm³/mol. The number of ether oxygens (including phenoxy) is 2. The van der Waals surface area contributed by atoms with Crippen molar-refractivity contribution in [2.24, 2.45) is 0 Å². The summed E-state index contributed by atoms with van der Waals surface area (Å²) in [5.74, 6) is -1.52. The van der Waals surface area contributed by atoms with E-state index in [1.165, 1.54) is 0 Å². The highest BCUT2D eigenvalue weighted by atomic mass is 19.4. The zero-order valence-corrected chi connectivity index (χ0v) is 8.02. The number of halogens is 5. The van der Waals surface area contributed by atoms with E-state index in [4.69, 9.17) is 0 Å². The quantitative estimate of drug-likeness (QED) is 0.757. The number of alkyl halides is 5. The third kappa shape index (κ3) is 2.74. The van der Waals surface area contributed by atoms with Crippen LogP contribution in [-0.2, 0) is 6.18 Å². The first-order valence-corrected chi connectivity index (χ1v) is 4.05. The highest BCUT2D eigenvalue weighted by molar-refractivity contribution is 5.46. The first-order valence-electron chi connectivity index (χ1n) is 4.05. The third-order valence-corrected chi connectivity index (χ3v) is 1.71. The Labute approximate surface area is 87.6 Å². The number of hydrogen-bond donors (Lipinski definition) is 0. The smallest absolute Gasteiger partial charge is 0.423 e. The monoisotopic (exact) mass is 242 g/mol. The standard InChI is InChI=1S/C9H7F5O2/c1-15-5-3-2-4-6(16-8(10)11)7(5)9(12,13)14/h2-4,8H,1H3. The molecule has 1 aromatic carbocycles. The molecule has 0 amide bonds. The van der Waals surface area contributed by atoms with Crippen molar-refractivity contribution in [3.63, 3.8) is 0 Å². The van der Waals surface area contributed by atoms with Gasteiger partial charge in [-0.05, 0) is 12.1 Å². The summed E-state index contributed by atoms with van der Waals surface area (Å²) in [6.07, 6.45) is -4.82. The van der Waals surface area contributed by atoms with Gasteiger partial charge in [0.2, 0.25) is 0 Å². The largest absolute Gasteiger partial charge is 0.496 e. The van der Waals surface area contributed by atoms with Gasteiger partial charge in [0.05, 0.1) is 7.11 Å². The first kappa shape index (κ1) is 12.5. The molecule has 1 rings (SSSR count). The summed E-state index contributed by atoms with van der Waals surface area (Å²) in [5, 5.41) is 0. The van der Waals surface area contributed by atoms with Crippen molar-refractivity contribution < 1.29 is 31.4 Å². The van der Waals surface area contributed by atoms with Crippen LogP contribution in [-0.4, -0.2) is 13.7 Å². The maximum Gasteiger partial charge on any atom is 0.423 e. The Hall–Kier alpha value is -1.53. The Morgan fingerprint density at radius 3 is 2.12 bits per heavy atom. The molecule has 0 spiro atoms. The van der Waals surface area contributed by atoms with Gasteiger partial charge < -0.3 is 9.47 Å². The van der Waals surface area contributed by atoms with Gasteiger partial charge in [-0.2, -0.15) is 22.0 Å². The van der Waals surface area contributed by atoms with Crippen LogP contribution in [0.25, 0.3) is 0 Å². The van der Waals surface area contributed by atoms with E-state index in [2.05, 4.69) is 9.47 Å². The minimum absolute atomic E-state index is 0.564. The normalized spacial score (nSPS) is 11.7. The Morgan fingerprint density at radius 2 is 1.69 bits per heavy atom. The van der Waals surface area contributed by atoms with Gasteiger partial charge in [0, 0.05) is 0 Å². The van der Waals surface area contributed by atoms with Crippen molar-refractivity contribution in [1.82, 2.24) is 0 Å². The van der Waals surface area contributed by atoms with Crippen LogP contribution in [0.3, 0.4) is 0 Å². The Kier molecular flexibility index (Phi) is 3.56. The summed E-state index contributed by atoms with van der Waals surface area (Å²) in [6, 6.07) is 2.95. The molecule has 0 bridgehead atoms. The molecule has 0 unspecified atom stereocenters. The molecule has 0 aromatic heterocycles. The van der Waals surface area contributed by atoms with E-state index in [1.807, 2.05) is 0 Å². The number of benzene rings is 1. The van der Waals surface area contributed by atoms with E-state index in [0.717, 1.165) is 25.3 Å². The molecular formula is C9H7F5O2. The summed E-state index contributed by atoms with van der Waals surface area (Å²) in [4.78, 5) is 0. The van der Waals surface area contributed by atoms with Crippen LogP contribution < -0.4 is 9.47 Å². The lowest BCUT2D eigenvalue weighted by atomic mass is 10.1. The average molecular weight is 242 g/mol. The lowest BCUT2D eigenvalue weighted by Gasteiger charge is -2.16. The first-order chi connectivity index (χ1) is 7.36. The molecule has 1 aromatic rings. The number of hydrogen-bond acceptors (Lipinski definition) is 2. The molecule has 0 heterocycles. The lowest BCUT2D eigenvalue weighted by Crippen LogP contribution is -2.12. The molecule has 0 N–H and O–H groups in total. The predicted octanol–water partition coefficient (Wildman–Crippen LogP) is 3.32. The number of methoxy groups -OCH3 is 1. The second-order valence-corrected chi connectivity index (χ2v) is 2.71. The molecule has 0 aliphatic heterocycles. The van der Waals surface area contributed by atoms with Gasteiger partial charge in [-0.25, -0.2) is 0 Å². The molecule has 0 saturated heterocycles. The fourth-order valence-electron chi connectivity index (χ4n) is 1.15. The van der Waals surface area contributed by atoms with E-state index in [-0.39, 0.29) is 0 Å². The number of rotatable bonds is 3. The van der Waals surface area contributed by atoms with E-state index in [1.54, 1.807) is 0 Å². The topological polar surface area (TPSA) is 18.5 Å². The van der Waals surface area contributed by atoms with Crippen LogP contribution in [0.4, 0.5) is 22.0 Å². The Balaban J connectivity index is 3.26. The second kappa shape index (κ2) is 4.54. The van der Waals surface area contributed by atoms with Gasteiger partial charge in [0.15, 0.2) is 0 Å². The van der Waals surface area contributed by atoms with Crippen LogP contribution in [0.2, 0.25) is 0 Å². The zero-order valence-electron chi connectivity index (χ0n) is 8.02. The summed E-state index contributed by atoms with van der Waals surface area (Å²) < 4.78 is 69.6. The van der Waals surface area contributed by atoms with Gasteiger partial charge in [-0.1, -0.05) is 6.07 Å². The Morgan fingerprint density at radius 1 is 1.12 bits per heavy atom. The second-order valence-electron chi connectivity index (χ2n) is 2.71. The molecule has 2 nitrogen and oxygen atoms in total. The fourth-order valence-corrected chi connectivity index (χ4v) is 1.15. The van der Waals surface area contributed by atoms with Crippen LogP contribution in [0, 0.1) is 0 Å². The zero-order chi connectivity index (χ0) is 12.3. The van der Waals surface area contributed by atoms with Gasteiger partial charge in [0.25, 0.3) is 0 Å². The lowest BCUT2D eigenvalue weighted by molar-refractivity contribution is -0.143. The summed E-state index contributed by atoms with van der Waals surface area (Å²) in [5.41, 5.74) is -1.35. The van der Waals surface area contributed by atoms with Crippen LogP contribution in [0.15, 0.2) is 18.2 Å². The highest BCUT2D eigenvalue weighted by Gasteiger charge is 2.38. The molecule has 0 atom stereocenters. The van der Waals surface area contributed by atoms with E-state index < -0.39 is 29.9 Å². The van der Waals surface area contributed by atoms with Gasteiger partial charge in [-0.3, -0.25) is 0 Å². The van der Waals surface area contributed by atoms with Crippen molar-refractivity contribution in [2.75, 3.05) is 7.11 Å². The molecule has 0 fully saturated rings. The maximum atomic E-state index is 12.5. The van der Waals surface area contributed by atoms with Crippen molar-refractivity contribution in [3.8, 4) is 11.5 Å². The average Bonchev–Trinajstić information content (AvgIpc) is 2.14. The van der Waals surface area contributed by atoms with E-state index in [9.17, 15) is 22.0 Å². The third-order valence-electron chi connectivity index (χ3n) is 1.71. The molecule has 16 heavy (non-hydrogen) atoms. The minimum Gasteiger partial charge on any atom is -0.496 e. The summed E-state index contributed by atoms with van der Waals surface area (Å²) in [6.45, 7) is -3.33. The van der Waals surface area contributed by atoms with Crippen LogP contribution in [0.5, 0.6) is 11.5 Å². The van der Waals surface area contributed by atoms with Crippen LogP contribution >= 0.6 is 0 Å². The minimum atomic E-state index is -4.82. The highest BCUT2D eigenvalue weighted by Crippen LogP contribution is 2.42. The molecular weight excluding hydrogens is 235 g/mol. The van der Waals surface area contributed by atoms with Crippen molar-refractivity contribution in [2.45, 2.75) is 12.8 Å². The van der Waals surface area contributed by atoms with Gasteiger partial charge >= 0.3 is 12.8 Å². The molecule has 0 aliphatic rings. The maximum absolute atomic E-state index is 12.5. The molecule has 0 saturated carbocycles. The molecule has 90 valence electrons. The summed E-state index contributed by atoms with van der Waals surface area (Å²) in [7, 11) is 1.01.